The predicted octanol–water partition coefficient (Wildman–Crippen LogP) is 3.36. The lowest BCUT2D eigenvalue weighted by molar-refractivity contribution is -0.144. The maximum absolute atomic E-state index is 13.0. The second kappa shape index (κ2) is 8.88. The second-order valence-electron chi connectivity index (χ2n) is 6.69. The minimum absolute atomic E-state index is 0.0875. The van der Waals surface area contributed by atoms with E-state index in [1.54, 1.807) is 6.07 Å². The number of ether oxygens (including phenoxy) is 1. The Bertz CT molecular complexity index is 986. The van der Waals surface area contributed by atoms with Crippen molar-refractivity contribution in [2.24, 2.45) is 5.92 Å². The van der Waals surface area contributed by atoms with E-state index in [9.17, 15) is 14.0 Å². The number of benzene rings is 1. The number of halogens is 1. The molecule has 2 aromatic heterocycles. The number of aromatic nitrogens is 2. The van der Waals surface area contributed by atoms with Crippen LogP contribution < -0.4 is 5.32 Å². The van der Waals surface area contributed by atoms with Gasteiger partial charge in [-0.25, -0.2) is 9.97 Å². The van der Waals surface area contributed by atoms with Crippen molar-refractivity contribution in [3.05, 3.63) is 47.5 Å². The van der Waals surface area contributed by atoms with Gasteiger partial charge in [-0.15, -0.1) is 11.3 Å². The third kappa shape index (κ3) is 5.32. The maximum atomic E-state index is 13.0. The van der Waals surface area contributed by atoms with E-state index in [4.69, 9.17) is 4.74 Å². The fraction of sp³-hybridized carbons (Fsp3) is 0.300. The van der Waals surface area contributed by atoms with Gasteiger partial charge in [0.25, 0.3) is 0 Å². The van der Waals surface area contributed by atoms with E-state index >= 15 is 0 Å². The molecule has 1 amide bonds. The molecule has 0 saturated heterocycles. The van der Waals surface area contributed by atoms with Crippen molar-refractivity contribution in [2.45, 2.75) is 20.3 Å². The molecule has 2 heterocycles. The molecule has 0 bridgehead atoms. The summed E-state index contributed by atoms with van der Waals surface area (Å²) >= 11 is 1.40. The third-order valence-electron chi connectivity index (χ3n) is 3.81. The Kier molecular flexibility index (Phi) is 6.30. The SMILES string of the molecule is CC(C)COC(=O)CNC(=O)Cc1nc2ccc(-c3ccc(F)nc3)cc2s1. The molecule has 0 aliphatic heterocycles. The first-order valence-electron chi connectivity index (χ1n) is 8.84. The Morgan fingerprint density at radius 3 is 2.71 bits per heavy atom. The summed E-state index contributed by atoms with van der Waals surface area (Å²) in [5.74, 6) is -1.02. The lowest BCUT2D eigenvalue weighted by atomic mass is 10.1. The van der Waals surface area contributed by atoms with Crippen molar-refractivity contribution < 1.29 is 18.7 Å². The highest BCUT2D eigenvalue weighted by atomic mass is 32.1. The van der Waals surface area contributed by atoms with Crippen LogP contribution in [0.3, 0.4) is 0 Å². The molecule has 3 aromatic rings. The van der Waals surface area contributed by atoms with Crippen LogP contribution in [0.4, 0.5) is 4.39 Å². The molecule has 0 unspecified atom stereocenters. The molecule has 0 saturated carbocycles. The van der Waals surface area contributed by atoms with E-state index in [0.717, 1.165) is 21.3 Å². The van der Waals surface area contributed by atoms with Crippen molar-refractivity contribution >= 4 is 33.4 Å². The number of hydrogen-bond acceptors (Lipinski definition) is 6. The van der Waals surface area contributed by atoms with Crippen LogP contribution in [0, 0.1) is 11.9 Å². The molecule has 6 nitrogen and oxygen atoms in total. The van der Waals surface area contributed by atoms with Gasteiger partial charge in [0.1, 0.15) is 11.6 Å². The number of amides is 1. The van der Waals surface area contributed by atoms with Crippen LogP contribution in [0.2, 0.25) is 0 Å². The molecule has 1 N–H and O–H groups in total. The van der Waals surface area contributed by atoms with Crippen LogP contribution in [0.25, 0.3) is 21.3 Å². The minimum Gasteiger partial charge on any atom is -0.464 e. The summed E-state index contributed by atoms with van der Waals surface area (Å²) < 4.78 is 18.9. The molecule has 0 aliphatic rings. The van der Waals surface area contributed by atoms with E-state index in [1.807, 2.05) is 32.0 Å². The summed E-state index contributed by atoms with van der Waals surface area (Å²) in [4.78, 5) is 31.7. The van der Waals surface area contributed by atoms with Gasteiger partial charge in [-0.2, -0.15) is 4.39 Å². The summed E-state index contributed by atoms with van der Waals surface area (Å²) in [6.07, 6.45) is 1.56. The van der Waals surface area contributed by atoms with Gasteiger partial charge in [0.05, 0.1) is 23.2 Å². The van der Waals surface area contributed by atoms with E-state index < -0.39 is 11.9 Å². The molecule has 3 rings (SSSR count). The van der Waals surface area contributed by atoms with Crippen molar-refractivity contribution in [3.8, 4) is 11.1 Å². The number of esters is 1. The fourth-order valence-electron chi connectivity index (χ4n) is 2.46. The number of hydrogen-bond donors (Lipinski definition) is 1. The molecule has 28 heavy (non-hydrogen) atoms. The monoisotopic (exact) mass is 401 g/mol. The molecule has 0 atom stereocenters. The summed E-state index contributed by atoms with van der Waals surface area (Å²) in [5.41, 5.74) is 2.48. The number of fused-ring (bicyclic) bond motifs is 1. The topological polar surface area (TPSA) is 81.2 Å². The van der Waals surface area contributed by atoms with Gasteiger partial charge < -0.3 is 10.1 Å². The average Bonchev–Trinajstić information content (AvgIpc) is 3.06. The second-order valence-corrected chi connectivity index (χ2v) is 7.81. The van der Waals surface area contributed by atoms with E-state index in [-0.39, 0.29) is 24.8 Å². The Morgan fingerprint density at radius 2 is 2.00 bits per heavy atom. The first-order chi connectivity index (χ1) is 13.4. The zero-order valence-corrected chi connectivity index (χ0v) is 16.4. The highest BCUT2D eigenvalue weighted by molar-refractivity contribution is 7.18. The molecular weight excluding hydrogens is 381 g/mol. The molecule has 0 radical (unpaired) electrons. The Labute approximate surface area is 165 Å². The highest BCUT2D eigenvalue weighted by Gasteiger charge is 2.12. The number of thiazole rings is 1. The van der Waals surface area contributed by atoms with Crippen molar-refractivity contribution in [1.29, 1.82) is 0 Å². The van der Waals surface area contributed by atoms with Gasteiger partial charge in [0.15, 0.2) is 0 Å². The summed E-state index contributed by atoms with van der Waals surface area (Å²) in [5, 5.41) is 3.20. The van der Waals surface area contributed by atoms with Crippen LogP contribution in [-0.2, 0) is 20.7 Å². The molecule has 8 heteroatoms. The van der Waals surface area contributed by atoms with Crippen molar-refractivity contribution in [3.63, 3.8) is 0 Å². The van der Waals surface area contributed by atoms with Gasteiger partial charge in [-0.05, 0) is 35.7 Å². The van der Waals surface area contributed by atoms with Gasteiger partial charge >= 0.3 is 5.97 Å². The first-order valence-corrected chi connectivity index (χ1v) is 9.66. The smallest absolute Gasteiger partial charge is 0.325 e. The molecule has 146 valence electrons. The normalized spacial score (nSPS) is 11.0. The fourth-order valence-corrected chi connectivity index (χ4v) is 3.46. The number of carbonyl (C=O) groups is 2. The number of rotatable bonds is 7. The minimum atomic E-state index is -0.524. The van der Waals surface area contributed by atoms with Gasteiger partial charge in [0, 0.05) is 11.8 Å². The van der Waals surface area contributed by atoms with Crippen LogP contribution in [0.5, 0.6) is 0 Å². The zero-order valence-electron chi connectivity index (χ0n) is 15.6. The average molecular weight is 401 g/mol. The first kappa shape index (κ1) is 19.9. The Balaban J connectivity index is 1.61. The predicted molar refractivity (Wildman–Crippen MR) is 105 cm³/mol. The Hall–Kier alpha value is -2.87. The van der Waals surface area contributed by atoms with Gasteiger partial charge in [-0.3, -0.25) is 9.59 Å². The highest BCUT2D eigenvalue weighted by Crippen LogP contribution is 2.28. The van der Waals surface area contributed by atoms with Crippen LogP contribution >= 0.6 is 11.3 Å². The zero-order chi connectivity index (χ0) is 20.1. The van der Waals surface area contributed by atoms with E-state index in [2.05, 4.69) is 15.3 Å². The summed E-state index contributed by atoms with van der Waals surface area (Å²) in [6.45, 7) is 4.06. The number of nitrogens with one attached hydrogen (secondary N) is 1. The lowest BCUT2D eigenvalue weighted by Crippen LogP contribution is -2.32. The largest absolute Gasteiger partial charge is 0.464 e. The molecule has 1 aromatic carbocycles. The quantitative estimate of drug-likeness (QED) is 0.485. The maximum Gasteiger partial charge on any atom is 0.325 e. The van der Waals surface area contributed by atoms with Crippen LogP contribution in [0.15, 0.2) is 36.5 Å². The lowest BCUT2D eigenvalue weighted by Gasteiger charge is -2.07. The van der Waals surface area contributed by atoms with E-state index in [1.165, 1.54) is 23.6 Å². The number of carbonyl (C=O) groups excluding carboxylic acids is 2. The standard InChI is InChI=1S/C20H20FN3O3S/c1-12(2)11-27-20(26)10-23-18(25)8-19-24-15-5-3-13(7-16(15)28-19)14-4-6-17(21)22-9-14/h3-7,9,12H,8,10-11H2,1-2H3,(H,23,25). The van der Waals surface area contributed by atoms with E-state index in [0.29, 0.717) is 11.6 Å². The van der Waals surface area contributed by atoms with Crippen LogP contribution in [0.1, 0.15) is 18.9 Å². The Morgan fingerprint density at radius 1 is 1.21 bits per heavy atom. The molecule has 0 spiro atoms. The number of pyridine rings is 1. The third-order valence-corrected chi connectivity index (χ3v) is 4.83. The molecule has 0 fully saturated rings. The number of nitrogens with zero attached hydrogens (tertiary/aromatic N) is 2. The van der Waals surface area contributed by atoms with Crippen molar-refractivity contribution in [2.75, 3.05) is 13.2 Å². The summed E-state index contributed by atoms with van der Waals surface area (Å²) in [6, 6.07) is 8.65. The molecular formula is C20H20FN3O3S. The van der Waals surface area contributed by atoms with Gasteiger partial charge in [-0.1, -0.05) is 19.9 Å². The van der Waals surface area contributed by atoms with Gasteiger partial charge in [0.2, 0.25) is 11.9 Å². The van der Waals surface area contributed by atoms with Crippen molar-refractivity contribution in [1.82, 2.24) is 15.3 Å². The molecule has 0 aliphatic carbocycles. The summed E-state index contributed by atoms with van der Waals surface area (Å²) in [7, 11) is 0. The van der Waals surface area contributed by atoms with Crippen LogP contribution in [-0.4, -0.2) is 35.0 Å².